The first kappa shape index (κ1) is 35.7. The van der Waals surface area contributed by atoms with Gasteiger partial charge < -0.3 is 27.3 Å². The fourth-order valence-corrected chi connectivity index (χ4v) is 7.73. The highest BCUT2D eigenvalue weighted by Crippen LogP contribution is 2.38. The van der Waals surface area contributed by atoms with E-state index in [-0.39, 0.29) is 37.9 Å². The molecule has 254 valence electrons. The van der Waals surface area contributed by atoms with Gasteiger partial charge in [0.15, 0.2) is 0 Å². The molecule has 3 amide bonds. The van der Waals surface area contributed by atoms with E-state index in [0.29, 0.717) is 11.4 Å². The molecule has 0 saturated carbocycles. The van der Waals surface area contributed by atoms with Crippen molar-refractivity contribution in [1.29, 1.82) is 0 Å². The van der Waals surface area contributed by atoms with Gasteiger partial charge in [-0.1, -0.05) is 38.1 Å². The number of nitrogens with two attached hydrogens (primary N) is 3. The van der Waals surface area contributed by atoms with Crippen LogP contribution in [0, 0.1) is 5.92 Å². The van der Waals surface area contributed by atoms with Crippen molar-refractivity contribution < 1.29 is 36.0 Å². The molecule has 0 saturated heterocycles. The SMILES string of the molecule is COc1ccc(S(=O)(=O)N(CC(N)=O)c2ccc(N(CC(N)=O)S(=O)(=O)c3ccc(NC(=O)[C@H](N)C(C)C)cc3)c3ccccc23)cc1. The van der Waals surface area contributed by atoms with Gasteiger partial charge in [-0.3, -0.25) is 23.0 Å². The van der Waals surface area contributed by atoms with Crippen LogP contribution in [0.5, 0.6) is 5.75 Å². The van der Waals surface area contributed by atoms with E-state index >= 15 is 0 Å². The highest BCUT2D eigenvalue weighted by molar-refractivity contribution is 7.93. The molecule has 0 aliphatic carbocycles. The molecule has 0 fully saturated rings. The van der Waals surface area contributed by atoms with E-state index in [2.05, 4.69) is 5.32 Å². The third-order valence-corrected chi connectivity index (χ3v) is 10.9. The molecule has 0 spiro atoms. The number of sulfonamides is 2. The van der Waals surface area contributed by atoms with Crippen LogP contribution in [0.1, 0.15) is 13.8 Å². The number of nitrogens with zero attached hydrogens (tertiary/aromatic N) is 2. The van der Waals surface area contributed by atoms with Crippen LogP contribution >= 0.6 is 0 Å². The summed E-state index contributed by atoms with van der Waals surface area (Å²) >= 11 is 0. The fourth-order valence-electron chi connectivity index (χ4n) is 4.83. The standard InChI is InChI=1S/C32H36N6O8S2/c1-20(2)31(35)32(41)36-21-8-12-23(13-9-21)47(42,43)37(18-29(33)39)27-16-17-28(26-7-5-4-6-25(26)27)38(19-30(34)40)48(44,45)24-14-10-22(46-3)11-15-24/h4-17,20,31H,18-19,35H2,1-3H3,(H2,33,39)(H2,34,40)(H,36,41)/t31-/m1/s1. The number of rotatable bonds is 14. The number of carbonyl (C=O) groups excluding carboxylic acids is 3. The van der Waals surface area contributed by atoms with Crippen molar-refractivity contribution in [3.8, 4) is 5.75 Å². The summed E-state index contributed by atoms with van der Waals surface area (Å²) in [5.41, 5.74) is 17.2. The molecular weight excluding hydrogens is 661 g/mol. The number of primary amides is 2. The maximum Gasteiger partial charge on any atom is 0.264 e. The lowest BCUT2D eigenvalue weighted by Crippen LogP contribution is -2.40. The lowest BCUT2D eigenvalue weighted by molar-refractivity contribution is -0.118. The number of hydrogen-bond acceptors (Lipinski definition) is 9. The number of nitrogens with one attached hydrogen (secondary N) is 1. The van der Waals surface area contributed by atoms with Crippen molar-refractivity contribution in [2.24, 2.45) is 23.1 Å². The number of ether oxygens (including phenoxy) is 1. The molecule has 1 atom stereocenters. The molecule has 48 heavy (non-hydrogen) atoms. The van der Waals surface area contributed by atoms with Crippen LogP contribution in [0.15, 0.2) is 94.7 Å². The Morgan fingerprint density at radius 1 is 0.708 bits per heavy atom. The fraction of sp³-hybridized carbons (Fsp3) is 0.219. The smallest absolute Gasteiger partial charge is 0.264 e. The van der Waals surface area contributed by atoms with Gasteiger partial charge in [0.1, 0.15) is 18.8 Å². The minimum Gasteiger partial charge on any atom is -0.497 e. The predicted octanol–water partition coefficient (Wildman–Crippen LogP) is 2.13. The van der Waals surface area contributed by atoms with Crippen LogP contribution in [0.2, 0.25) is 0 Å². The number of benzene rings is 4. The number of anilines is 3. The van der Waals surface area contributed by atoms with Gasteiger partial charge in [0.25, 0.3) is 20.0 Å². The van der Waals surface area contributed by atoms with Crippen molar-refractivity contribution in [1.82, 2.24) is 0 Å². The average Bonchev–Trinajstić information content (AvgIpc) is 3.05. The highest BCUT2D eigenvalue weighted by atomic mass is 32.2. The second kappa shape index (κ2) is 14.3. The lowest BCUT2D eigenvalue weighted by Gasteiger charge is -2.28. The topological polar surface area (TPSA) is 225 Å². The van der Waals surface area contributed by atoms with Crippen LogP contribution in [0.4, 0.5) is 17.1 Å². The molecule has 14 nitrogen and oxygen atoms in total. The summed E-state index contributed by atoms with van der Waals surface area (Å²) in [5, 5.41) is 3.10. The van der Waals surface area contributed by atoms with Crippen molar-refractivity contribution in [3.05, 3.63) is 84.9 Å². The Kier molecular flexibility index (Phi) is 10.6. The summed E-state index contributed by atoms with van der Waals surface area (Å²) in [6, 6.07) is 18.9. The van der Waals surface area contributed by atoms with Crippen LogP contribution < -0.4 is 35.9 Å². The summed E-state index contributed by atoms with van der Waals surface area (Å²) < 4.78 is 62.5. The molecule has 4 aromatic carbocycles. The largest absolute Gasteiger partial charge is 0.497 e. The zero-order valence-electron chi connectivity index (χ0n) is 26.4. The van der Waals surface area contributed by atoms with Crippen LogP contribution in [0.25, 0.3) is 10.8 Å². The zero-order chi connectivity index (χ0) is 35.4. The molecule has 0 unspecified atom stereocenters. The van der Waals surface area contributed by atoms with Gasteiger partial charge in [0, 0.05) is 16.5 Å². The van der Waals surface area contributed by atoms with Crippen molar-refractivity contribution >= 4 is 65.6 Å². The summed E-state index contributed by atoms with van der Waals surface area (Å²) in [7, 11) is -7.42. The van der Waals surface area contributed by atoms with Gasteiger partial charge >= 0.3 is 0 Å². The van der Waals surface area contributed by atoms with E-state index in [1.807, 2.05) is 0 Å². The minimum atomic E-state index is -4.47. The number of methoxy groups -OCH3 is 1. The van der Waals surface area contributed by atoms with Crippen molar-refractivity contribution in [2.45, 2.75) is 29.7 Å². The van der Waals surface area contributed by atoms with Crippen LogP contribution in [0.3, 0.4) is 0 Å². The van der Waals surface area contributed by atoms with Crippen LogP contribution in [-0.4, -0.2) is 60.8 Å². The molecule has 0 aliphatic rings. The second-order valence-corrected chi connectivity index (χ2v) is 14.8. The summed E-state index contributed by atoms with van der Waals surface area (Å²) in [6.45, 7) is 2.09. The lowest BCUT2D eigenvalue weighted by atomic mass is 10.1. The summed E-state index contributed by atoms with van der Waals surface area (Å²) in [5.74, 6) is -2.06. The summed E-state index contributed by atoms with van der Waals surface area (Å²) in [4.78, 5) is 36.4. The Balaban J connectivity index is 1.82. The summed E-state index contributed by atoms with van der Waals surface area (Å²) in [6.07, 6.45) is 0. The Labute approximate surface area is 278 Å². The van der Waals surface area contributed by atoms with Crippen LogP contribution in [-0.2, 0) is 34.4 Å². The first-order valence-electron chi connectivity index (χ1n) is 14.5. The Hall–Kier alpha value is -5.19. The first-order chi connectivity index (χ1) is 22.6. The molecule has 7 N–H and O–H groups in total. The number of hydrogen-bond donors (Lipinski definition) is 4. The van der Waals surface area contributed by atoms with E-state index in [0.717, 1.165) is 8.61 Å². The highest BCUT2D eigenvalue weighted by Gasteiger charge is 2.32. The van der Waals surface area contributed by atoms with Gasteiger partial charge in [0.2, 0.25) is 17.7 Å². The third kappa shape index (κ3) is 7.51. The van der Waals surface area contributed by atoms with Crippen molar-refractivity contribution in [3.63, 3.8) is 0 Å². The van der Waals surface area contributed by atoms with Gasteiger partial charge in [-0.05, 0) is 66.6 Å². The van der Waals surface area contributed by atoms with E-state index in [9.17, 15) is 31.2 Å². The van der Waals surface area contributed by atoms with Gasteiger partial charge in [-0.15, -0.1) is 0 Å². The van der Waals surface area contributed by atoms with Gasteiger partial charge in [-0.2, -0.15) is 0 Å². The van der Waals surface area contributed by atoms with E-state index in [1.165, 1.54) is 73.8 Å². The predicted molar refractivity (Wildman–Crippen MR) is 182 cm³/mol. The first-order valence-corrected chi connectivity index (χ1v) is 17.4. The maximum absolute atomic E-state index is 14.0. The monoisotopic (exact) mass is 696 g/mol. The number of carbonyl (C=O) groups is 3. The molecule has 0 aromatic heterocycles. The maximum atomic E-state index is 14.0. The molecule has 16 heteroatoms. The van der Waals surface area contributed by atoms with E-state index < -0.39 is 56.9 Å². The minimum absolute atomic E-state index is 0.00862. The second-order valence-electron chi connectivity index (χ2n) is 11.1. The number of fused-ring (bicyclic) bond motifs is 1. The van der Waals surface area contributed by atoms with E-state index in [4.69, 9.17) is 21.9 Å². The Morgan fingerprint density at radius 2 is 1.12 bits per heavy atom. The zero-order valence-corrected chi connectivity index (χ0v) is 28.0. The Morgan fingerprint density at radius 3 is 1.50 bits per heavy atom. The molecule has 4 rings (SSSR count). The normalized spacial score (nSPS) is 12.4. The average molecular weight is 697 g/mol. The van der Waals surface area contributed by atoms with Gasteiger partial charge in [0.05, 0.1) is 34.3 Å². The van der Waals surface area contributed by atoms with E-state index in [1.54, 1.807) is 32.0 Å². The van der Waals surface area contributed by atoms with Crippen molar-refractivity contribution in [2.75, 3.05) is 34.1 Å². The molecular formula is C32H36N6O8S2. The third-order valence-electron chi connectivity index (χ3n) is 7.39. The molecule has 4 aromatic rings. The Bertz CT molecular complexity index is 2050. The van der Waals surface area contributed by atoms with Gasteiger partial charge in [-0.25, -0.2) is 16.8 Å². The molecule has 0 heterocycles. The quantitative estimate of drug-likeness (QED) is 0.151. The molecule has 0 aliphatic heterocycles. The number of amides is 3. The molecule has 0 bridgehead atoms. The molecule has 0 radical (unpaired) electrons.